The molecule has 0 aromatic rings. The number of aliphatic hydroxyl groups is 3. The van der Waals surface area contributed by atoms with Crippen LogP contribution in [-0.4, -0.2) is 46.1 Å². The normalized spacial score (nSPS) is 14.1. The van der Waals surface area contributed by atoms with Crippen LogP contribution >= 0.6 is 0 Å². The number of allylic oxidation sites excluding steroid dienone is 7. The van der Waals surface area contributed by atoms with E-state index in [1.807, 2.05) is 6.08 Å². The molecule has 0 bridgehead atoms. The number of rotatable bonds is 38. The Morgan fingerprint density at radius 3 is 1.22 bits per heavy atom. The zero-order valence-electron chi connectivity index (χ0n) is 33.0. The Morgan fingerprint density at radius 2 is 0.820 bits per heavy atom. The van der Waals surface area contributed by atoms with Gasteiger partial charge in [-0.15, -0.1) is 0 Å². The van der Waals surface area contributed by atoms with Gasteiger partial charge >= 0.3 is 0 Å². The number of hydrogen-bond acceptors (Lipinski definition) is 4. The van der Waals surface area contributed by atoms with Crippen LogP contribution in [0, 0.1) is 0 Å². The first-order valence-corrected chi connectivity index (χ1v) is 21.5. The largest absolute Gasteiger partial charge is 0.394 e. The fraction of sp³-hybridized carbons (Fsp3) is 0.800. The molecule has 0 aliphatic rings. The first-order chi connectivity index (χ1) is 24.6. The Balaban J connectivity index is 3.77. The summed E-state index contributed by atoms with van der Waals surface area (Å²) in [5.41, 5.74) is 0. The molecule has 0 saturated heterocycles. The van der Waals surface area contributed by atoms with Gasteiger partial charge in [0.1, 0.15) is 6.10 Å². The lowest BCUT2D eigenvalue weighted by molar-refractivity contribution is -0.131. The number of nitrogens with one attached hydrogen (secondary N) is 1. The van der Waals surface area contributed by atoms with Gasteiger partial charge in [-0.25, -0.2) is 0 Å². The fourth-order valence-corrected chi connectivity index (χ4v) is 6.21. The van der Waals surface area contributed by atoms with Crippen LogP contribution < -0.4 is 5.32 Å². The molecule has 0 rings (SSSR count). The molecule has 50 heavy (non-hydrogen) atoms. The zero-order valence-corrected chi connectivity index (χ0v) is 33.0. The molecule has 0 heterocycles. The molecule has 4 N–H and O–H groups in total. The second-order valence-corrected chi connectivity index (χ2v) is 14.5. The van der Waals surface area contributed by atoms with Crippen molar-refractivity contribution in [3.63, 3.8) is 0 Å². The van der Waals surface area contributed by atoms with Crippen molar-refractivity contribution in [2.75, 3.05) is 6.61 Å². The third-order valence-electron chi connectivity index (χ3n) is 9.62. The van der Waals surface area contributed by atoms with E-state index in [2.05, 4.69) is 55.6 Å². The second-order valence-electron chi connectivity index (χ2n) is 14.5. The molecule has 0 aromatic heterocycles. The SMILES string of the molecule is CCCCCCCCC/C=C/CC/C=C/CC/C=C/C(O)C(CO)NC(=O)C(O)CCCCCCCC/C=C\CCCCCCCCCCC. The summed E-state index contributed by atoms with van der Waals surface area (Å²) < 4.78 is 0. The number of unbranched alkanes of at least 4 members (excludes halogenated alkanes) is 24. The Hall–Kier alpha value is -1.69. The van der Waals surface area contributed by atoms with Gasteiger partial charge in [0.05, 0.1) is 18.8 Å². The minimum absolute atomic E-state index is 0.384. The number of aliphatic hydroxyl groups excluding tert-OH is 3. The number of amides is 1. The third-order valence-corrected chi connectivity index (χ3v) is 9.62. The summed E-state index contributed by atoms with van der Waals surface area (Å²) in [5.74, 6) is -0.523. The molecule has 0 aromatic carbocycles. The van der Waals surface area contributed by atoms with Crippen molar-refractivity contribution in [2.24, 2.45) is 0 Å². The third kappa shape index (κ3) is 34.7. The van der Waals surface area contributed by atoms with E-state index in [1.54, 1.807) is 6.08 Å². The van der Waals surface area contributed by atoms with E-state index < -0.39 is 24.2 Å². The highest BCUT2D eigenvalue weighted by atomic mass is 16.3. The van der Waals surface area contributed by atoms with E-state index in [0.29, 0.717) is 6.42 Å². The van der Waals surface area contributed by atoms with Crippen molar-refractivity contribution in [3.8, 4) is 0 Å². The summed E-state index contributed by atoms with van der Waals surface area (Å²) in [6, 6.07) is -0.823. The maximum absolute atomic E-state index is 12.4. The standard InChI is InChI=1S/C45H83NO4/c1-3-5-7-9-11-13-15-17-19-21-22-24-26-28-30-32-34-36-38-40-44(49)45(50)46-42(41-47)43(48)39-37-35-33-31-29-27-25-23-20-18-16-14-12-10-8-6-4-2/h20,22-24,29,31,37,39,42-44,47-49H,3-19,21,25-28,30,32-36,38,40-41H2,1-2H3,(H,46,50)/b23-20+,24-22-,31-29+,39-37+. The fourth-order valence-electron chi connectivity index (χ4n) is 6.21. The Kier molecular flexibility index (Phi) is 38.7. The van der Waals surface area contributed by atoms with Gasteiger partial charge < -0.3 is 20.6 Å². The van der Waals surface area contributed by atoms with Crippen molar-refractivity contribution in [1.29, 1.82) is 0 Å². The molecule has 1 amide bonds. The summed E-state index contributed by atoms with van der Waals surface area (Å²) in [7, 11) is 0. The lowest BCUT2D eigenvalue weighted by Gasteiger charge is -2.21. The van der Waals surface area contributed by atoms with Crippen molar-refractivity contribution >= 4 is 5.91 Å². The van der Waals surface area contributed by atoms with Crippen LogP contribution in [0.25, 0.3) is 0 Å². The summed E-state index contributed by atoms with van der Waals surface area (Å²) in [6.07, 6.45) is 51.4. The highest BCUT2D eigenvalue weighted by molar-refractivity contribution is 5.80. The molecular formula is C45H83NO4. The molecule has 0 fully saturated rings. The maximum Gasteiger partial charge on any atom is 0.249 e. The van der Waals surface area contributed by atoms with Crippen LogP contribution in [0.5, 0.6) is 0 Å². The number of carbonyl (C=O) groups excluding carboxylic acids is 1. The topological polar surface area (TPSA) is 89.8 Å². The number of hydrogen-bond donors (Lipinski definition) is 4. The Labute approximate surface area is 310 Å². The lowest BCUT2D eigenvalue weighted by atomic mass is 10.0. The predicted octanol–water partition coefficient (Wildman–Crippen LogP) is 12.2. The Bertz CT molecular complexity index is 820. The van der Waals surface area contributed by atoms with Crippen LogP contribution in [0.1, 0.15) is 206 Å². The molecular weight excluding hydrogens is 618 g/mol. The summed E-state index contributed by atoms with van der Waals surface area (Å²) >= 11 is 0. The van der Waals surface area contributed by atoms with E-state index >= 15 is 0 Å². The van der Waals surface area contributed by atoms with E-state index in [0.717, 1.165) is 51.4 Å². The lowest BCUT2D eigenvalue weighted by Crippen LogP contribution is -2.48. The minimum Gasteiger partial charge on any atom is -0.394 e. The average Bonchev–Trinajstić information content (AvgIpc) is 3.12. The van der Waals surface area contributed by atoms with Gasteiger partial charge in [0.25, 0.3) is 0 Å². The van der Waals surface area contributed by atoms with Crippen LogP contribution in [-0.2, 0) is 4.79 Å². The molecule has 0 aliphatic heterocycles. The molecule has 3 unspecified atom stereocenters. The molecule has 0 saturated carbocycles. The predicted molar refractivity (Wildman–Crippen MR) is 217 cm³/mol. The average molecular weight is 702 g/mol. The second kappa shape index (κ2) is 40.1. The van der Waals surface area contributed by atoms with Gasteiger partial charge in [-0.05, 0) is 70.6 Å². The van der Waals surface area contributed by atoms with E-state index in [9.17, 15) is 20.1 Å². The van der Waals surface area contributed by atoms with Crippen LogP contribution in [0.15, 0.2) is 48.6 Å². The Morgan fingerprint density at radius 1 is 0.480 bits per heavy atom. The molecule has 0 spiro atoms. The van der Waals surface area contributed by atoms with Gasteiger partial charge in [0, 0.05) is 0 Å². The highest BCUT2D eigenvalue weighted by Crippen LogP contribution is 2.13. The maximum atomic E-state index is 12.4. The summed E-state index contributed by atoms with van der Waals surface area (Å²) in [4.78, 5) is 12.4. The van der Waals surface area contributed by atoms with Gasteiger partial charge in [-0.1, -0.05) is 184 Å². The van der Waals surface area contributed by atoms with Gasteiger partial charge in [-0.3, -0.25) is 4.79 Å². The summed E-state index contributed by atoms with van der Waals surface area (Å²) in [5, 5.41) is 33.1. The van der Waals surface area contributed by atoms with Crippen LogP contribution in [0.2, 0.25) is 0 Å². The van der Waals surface area contributed by atoms with Crippen molar-refractivity contribution in [3.05, 3.63) is 48.6 Å². The molecule has 0 radical (unpaired) electrons. The van der Waals surface area contributed by atoms with E-state index in [-0.39, 0.29) is 6.61 Å². The first kappa shape index (κ1) is 48.3. The molecule has 292 valence electrons. The van der Waals surface area contributed by atoms with Crippen LogP contribution in [0.3, 0.4) is 0 Å². The monoisotopic (exact) mass is 702 g/mol. The quantitative estimate of drug-likeness (QED) is 0.0381. The highest BCUT2D eigenvalue weighted by Gasteiger charge is 2.22. The van der Waals surface area contributed by atoms with Gasteiger partial charge in [0.2, 0.25) is 5.91 Å². The minimum atomic E-state index is -1.11. The van der Waals surface area contributed by atoms with E-state index in [1.165, 1.54) is 135 Å². The molecule has 3 atom stereocenters. The van der Waals surface area contributed by atoms with Gasteiger partial charge in [-0.2, -0.15) is 0 Å². The van der Waals surface area contributed by atoms with Crippen molar-refractivity contribution in [2.45, 2.75) is 225 Å². The van der Waals surface area contributed by atoms with Gasteiger partial charge in [0.15, 0.2) is 0 Å². The summed E-state index contributed by atoms with van der Waals surface area (Å²) in [6.45, 7) is 4.15. The number of carbonyl (C=O) groups is 1. The first-order valence-electron chi connectivity index (χ1n) is 21.5. The van der Waals surface area contributed by atoms with E-state index in [4.69, 9.17) is 0 Å². The molecule has 0 aliphatic carbocycles. The van der Waals surface area contributed by atoms with Crippen molar-refractivity contribution in [1.82, 2.24) is 5.32 Å². The van der Waals surface area contributed by atoms with Crippen LogP contribution in [0.4, 0.5) is 0 Å². The zero-order chi connectivity index (χ0) is 36.6. The molecule has 5 heteroatoms. The molecule has 5 nitrogen and oxygen atoms in total. The smallest absolute Gasteiger partial charge is 0.249 e. The van der Waals surface area contributed by atoms with Crippen molar-refractivity contribution < 1.29 is 20.1 Å².